The number of hydrogen-bond acceptors (Lipinski definition) is 0. The van der Waals surface area contributed by atoms with Crippen LogP contribution in [0.1, 0.15) is 358 Å². The van der Waals surface area contributed by atoms with Crippen LogP contribution in [-0.4, -0.2) is 4.70 Å². The van der Waals surface area contributed by atoms with Gasteiger partial charge >= 0.3 is 16.5 Å². The summed E-state index contributed by atoms with van der Waals surface area (Å²) < 4.78 is 1.32. The molecule has 0 bridgehead atoms. The first-order valence-electron chi connectivity index (χ1n) is 33.6. The van der Waals surface area contributed by atoms with Crippen molar-refractivity contribution in [2.45, 2.75) is 349 Å². The van der Waals surface area contributed by atoms with Crippen LogP contribution in [0.2, 0.25) is 0 Å². The van der Waals surface area contributed by atoms with E-state index in [4.69, 9.17) is 0 Å². The van der Waals surface area contributed by atoms with Gasteiger partial charge < -0.3 is 19.4 Å². The Bertz CT molecular complexity index is 1650. The Hall–Kier alpha value is -2.43. The van der Waals surface area contributed by atoms with Crippen molar-refractivity contribution in [2.24, 2.45) is 0 Å². The molecular weight excluding hydrogens is 976 g/mol. The monoisotopic (exact) mass is 1100 g/mol. The molecule has 442 valence electrons. The SMILES string of the molecule is CCCCCCCCCCCCCCC#CC1=C(c2cccc(C)c2)[N+](=[N-])C(c2cccc(C)c2)=C1.[CH2-]CCCCCCCCCCCCCCCCCCC.[CH2-]CCCCCCCCCCCCCCCCCCC.[Ni+2]. The standard InChI is InChI=1S/C34H44N2.2C20H41.Ni/c1-4-5-6-7-8-9-10-11-12-13-14-15-16-17-22-32-27-33(30-23-18-20-28(2)25-30)36(35)34(32)31-24-19-21-29(3)26-31;2*1-3-5-7-9-11-13-15-17-19-20-18-16-14-12-10-8-6-4-2;/h18-21,23-27H,4-16H2,1-3H3;2*1,3-20H2,2H3;/q;2*-1;+2. The Morgan fingerprint density at radius 1 is 0.377 bits per heavy atom. The van der Waals surface area contributed by atoms with Crippen LogP contribution in [0, 0.1) is 39.5 Å². The second kappa shape index (κ2) is 58.2. The molecule has 3 rings (SSSR count). The van der Waals surface area contributed by atoms with Crippen LogP contribution >= 0.6 is 0 Å². The summed E-state index contributed by atoms with van der Waals surface area (Å²) in [5, 5.41) is 0. The fourth-order valence-electron chi connectivity index (χ4n) is 10.7. The molecule has 1 heterocycles. The molecule has 0 unspecified atom stereocenters. The van der Waals surface area contributed by atoms with Gasteiger partial charge in [-0.3, -0.25) is 0 Å². The molecule has 2 nitrogen and oxygen atoms in total. The van der Waals surface area contributed by atoms with Crippen molar-refractivity contribution in [2.75, 3.05) is 0 Å². The Morgan fingerprint density at radius 2 is 0.649 bits per heavy atom. The number of nitrogens with zero attached hydrogens (tertiary/aromatic N) is 2. The zero-order chi connectivity index (χ0) is 55.0. The molecule has 1 aliphatic rings. The van der Waals surface area contributed by atoms with Gasteiger partial charge in [-0.2, -0.15) is 12.8 Å². The zero-order valence-electron chi connectivity index (χ0n) is 52.0. The van der Waals surface area contributed by atoms with Crippen LogP contribution in [0.5, 0.6) is 0 Å². The van der Waals surface area contributed by atoms with Crippen LogP contribution in [0.4, 0.5) is 0 Å². The topological polar surface area (TPSA) is 25.3 Å². The quantitative estimate of drug-likeness (QED) is 0.0207. The van der Waals surface area contributed by atoms with Crippen LogP contribution < -0.4 is 0 Å². The van der Waals surface area contributed by atoms with Crippen LogP contribution in [0.3, 0.4) is 0 Å². The summed E-state index contributed by atoms with van der Waals surface area (Å²) in [4.78, 5) is 0. The van der Waals surface area contributed by atoms with Gasteiger partial charge in [0.1, 0.15) is 5.57 Å². The summed E-state index contributed by atoms with van der Waals surface area (Å²) in [6, 6.07) is 16.5. The van der Waals surface area contributed by atoms with E-state index in [1.807, 2.05) is 30.3 Å². The van der Waals surface area contributed by atoms with Crippen molar-refractivity contribution in [1.29, 1.82) is 0 Å². The number of allylic oxidation sites excluding steroid dienone is 2. The molecule has 0 aliphatic carbocycles. The molecule has 0 saturated carbocycles. The zero-order valence-corrected chi connectivity index (χ0v) is 53.0. The van der Waals surface area contributed by atoms with E-state index < -0.39 is 0 Å². The fourth-order valence-corrected chi connectivity index (χ4v) is 10.7. The van der Waals surface area contributed by atoms with Gasteiger partial charge in [-0.05, 0) is 44.5 Å². The summed E-state index contributed by atoms with van der Waals surface area (Å²) in [7, 11) is 0. The summed E-state index contributed by atoms with van der Waals surface area (Å²) in [5.41, 5.74) is 17.9. The van der Waals surface area contributed by atoms with Crippen LogP contribution in [0.15, 0.2) is 60.2 Å². The molecular formula is C74H126N2Ni. The normalized spacial score (nSPS) is 11.9. The van der Waals surface area contributed by atoms with E-state index >= 15 is 0 Å². The Morgan fingerprint density at radius 3 is 0.948 bits per heavy atom. The molecule has 2 aromatic rings. The van der Waals surface area contributed by atoms with E-state index in [2.05, 4.69) is 84.6 Å². The van der Waals surface area contributed by atoms with Gasteiger partial charge in [-0.25, -0.2) is 4.70 Å². The smallest absolute Gasteiger partial charge is 0.493 e. The van der Waals surface area contributed by atoms with Crippen LogP contribution in [-0.2, 0) is 16.5 Å². The first-order chi connectivity index (χ1) is 37.4. The predicted molar refractivity (Wildman–Crippen MR) is 343 cm³/mol. The van der Waals surface area contributed by atoms with Gasteiger partial charge in [-0.1, -0.05) is 357 Å². The van der Waals surface area contributed by atoms with E-state index in [9.17, 15) is 5.53 Å². The number of benzene rings is 2. The largest absolute Gasteiger partial charge is 2.00 e. The molecule has 0 spiro atoms. The van der Waals surface area contributed by atoms with Crippen molar-refractivity contribution in [1.82, 2.24) is 0 Å². The van der Waals surface area contributed by atoms with E-state index in [0.717, 1.165) is 53.8 Å². The average Bonchev–Trinajstić information content (AvgIpc) is 3.77. The van der Waals surface area contributed by atoms with Crippen molar-refractivity contribution in [3.63, 3.8) is 0 Å². The first kappa shape index (κ1) is 74.6. The average molecular weight is 1100 g/mol. The minimum atomic E-state index is 0. The van der Waals surface area contributed by atoms with Crippen molar-refractivity contribution < 1.29 is 21.2 Å². The maximum atomic E-state index is 11.2. The molecule has 0 atom stereocenters. The minimum absolute atomic E-state index is 0. The molecule has 0 radical (unpaired) electrons. The number of unbranched alkanes of at least 4 members (excludes halogenated alkanes) is 46. The number of rotatable bonds is 48. The summed E-state index contributed by atoms with van der Waals surface area (Å²) >= 11 is 0. The van der Waals surface area contributed by atoms with E-state index in [1.54, 1.807) is 0 Å². The minimum Gasteiger partial charge on any atom is -0.493 e. The molecule has 3 heteroatoms. The fraction of sp³-hybridized carbons (Fsp3) is 0.730. The summed E-state index contributed by atoms with van der Waals surface area (Å²) in [6.45, 7) is 18.8. The van der Waals surface area contributed by atoms with Crippen LogP contribution in [0.25, 0.3) is 16.9 Å². The third-order valence-electron chi connectivity index (χ3n) is 15.7. The Balaban J connectivity index is 0.00000121. The van der Waals surface area contributed by atoms with Gasteiger partial charge in [0.15, 0.2) is 0 Å². The number of aryl methyl sites for hydroxylation is 2. The van der Waals surface area contributed by atoms with Crippen molar-refractivity contribution in [3.05, 3.63) is 102 Å². The predicted octanol–water partition coefficient (Wildman–Crippen LogP) is 25.9. The Kier molecular flexibility index (Phi) is 56.4. The van der Waals surface area contributed by atoms with E-state index in [0.29, 0.717) is 0 Å². The third-order valence-corrected chi connectivity index (χ3v) is 15.7. The van der Waals surface area contributed by atoms with Gasteiger partial charge in [0.25, 0.3) is 0 Å². The molecule has 0 aromatic heterocycles. The number of hydrogen-bond donors (Lipinski definition) is 0. The first-order valence-corrected chi connectivity index (χ1v) is 33.6. The second-order valence-electron chi connectivity index (χ2n) is 23.3. The van der Waals surface area contributed by atoms with Crippen molar-refractivity contribution >= 4 is 11.4 Å². The Labute approximate surface area is 492 Å². The molecule has 1 aliphatic heterocycles. The third kappa shape index (κ3) is 44.9. The van der Waals surface area contributed by atoms with E-state index in [1.165, 1.54) is 305 Å². The molecule has 0 N–H and O–H groups in total. The molecule has 2 aromatic carbocycles. The summed E-state index contributed by atoms with van der Waals surface area (Å²) in [6.07, 6.45) is 70.8. The van der Waals surface area contributed by atoms with Gasteiger partial charge in [-0.15, -0.1) is 0 Å². The molecule has 0 amide bonds. The van der Waals surface area contributed by atoms with E-state index in [-0.39, 0.29) is 16.5 Å². The van der Waals surface area contributed by atoms with Crippen molar-refractivity contribution in [3.8, 4) is 11.8 Å². The molecule has 77 heavy (non-hydrogen) atoms. The second-order valence-corrected chi connectivity index (χ2v) is 23.3. The van der Waals surface area contributed by atoms with Gasteiger partial charge in [0.05, 0.1) is 0 Å². The molecule has 0 fully saturated rings. The molecule has 0 saturated heterocycles. The van der Waals surface area contributed by atoms with Gasteiger partial charge in [0.2, 0.25) is 11.4 Å². The van der Waals surface area contributed by atoms with Gasteiger partial charge in [0, 0.05) is 23.6 Å². The maximum absolute atomic E-state index is 11.2. The maximum Gasteiger partial charge on any atom is 2.00 e. The summed E-state index contributed by atoms with van der Waals surface area (Å²) in [5.74, 6) is 6.78.